The molecule has 2 saturated heterocycles. The molecular formula is C19H38N6O. The van der Waals surface area contributed by atoms with Crippen LogP contribution in [0.4, 0.5) is 4.79 Å². The van der Waals surface area contributed by atoms with E-state index in [-0.39, 0.29) is 6.03 Å². The SMILES string of the molecule is CCNC(=NCCCCCN1CCCCC1)NC1CCN(C(N)=O)CC1. The summed E-state index contributed by atoms with van der Waals surface area (Å²) in [5.41, 5.74) is 5.34. The summed E-state index contributed by atoms with van der Waals surface area (Å²) in [5.74, 6) is 0.904. The zero-order valence-electron chi connectivity index (χ0n) is 16.5. The van der Waals surface area contributed by atoms with E-state index in [1.807, 2.05) is 0 Å². The maximum absolute atomic E-state index is 11.2. The Morgan fingerprint density at radius 1 is 1.08 bits per heavy atom. The average Bonchev–Trinajstić information content (AvgIpc) is 2.66. The standard InChI is InChI=1S/C19H38N6O/c1-2-21-19(23-17-9-15-25(16-10-17)18(20)26)22-11-5-3-6-12-24-13-7-4-8-14-24/h17H,2-16H2,1H3,(H2,20,26)(H2,21,22,23). The van der Waals surface area contributed by atoms with Gasteiger partial charge in [0.1, 0.15) is 0 Å². The number of hydrogen-bond acceptors (Lipinski definition) is 3. The van der Waals surface area contributed by atoms with Gasteiger partial charge >= 0.3 is 6.03 Å². The Kier molecular flexibility index (Phi) is 9.60. The lowest BCUT2D eigenvalue weighted by Crippen LogP contribution is -2.50. The second kappa shape index (κ2) is 12.0. The van der Waals surface area contributed by atoms with Crippen LogP contribution in [-0.2, 0) is 0 Å². The number of nitrogens with two attached hydrogens (primary N) is 1. The summed E-state index contributed by atoms with van der Waals surface area (Å²) >= 11 is 0. The fourth-order valence-corrected chi connectivity index (χ4v) is 3.76. The fraction of sp³-hybridized carbons (Fsp3) is 0.895. The molecule has 0 atom stereocenters. The van der Waals surface area contributed by atoms with Crippen molar-refractivity contribution in [3.05, 3.63) is 0 Å². The highest BCUT2D eigenvalue weighted by Gasteiger charge is 2.21. The van der Waals surface area contributed by atoms with Crippen LogP contribution in [0.1, 0.15) is 58.3 Å². The number of carbonyl (C=O) groups is 1. The van der Waals surface area contributed by atoms with Gasteiger partial charge in [0, 0.05) is 32.2 Å². The van der Waals surface area contributed by atoms with E-state index in [9.17, 15) is 4.79 Å². The topological polar surface area (TPSA) is 86.0 Å². The maximum atomic E-state index is 11.2. The predicted molar refractivity (Wildman–Crippen MR) is 107 cm³/mol. The van der Waals surface area contributed by atoms with E-state index < -0.39 is 0 Å². The molecule has 0 unspecified atom stereocenters. The Morgan fingerprint density at radius 3 is 2.46 bits per heavy atom. The zero-order valence-corrected chi connectivity index (χ0v) is 16.5. The summed E-state index contributed by atoms with van der Waals surface area (Å²) in [6.45, 7) is 9.11. The molecule has 0 aliphatic carbocycles. The van der Waals surface area contributed by atoms with Gasteiger partial charge in [-0.2, -0.15) is 0 Å². The number of carbonyl (C=O) groups excluding carboxylic acids is 1. The predicted octanol–water partition coefficient (Wildman–Crippen LogP) is 1.74. The summed E-state index contributed by atoms with van der Waals surface area (Å²) in [4.78, 5) is 20.2. The molecule has 0 aromatic carbocycles. The lowest BCUT2D eigenvalue weighted by atomic mass is 10.1. The van der Waals surface area contributed by atoms with Crippen LogP contribution in [0.2, 0.25) is 0 Å². The van der Waals surface area contributed by atoms with Crippen LogP contribution in [0.3, 0.4) is 0 Å². The van der Waals surface area contributed by atoms with Crippen LogP contribution in [0.25, 0.3) is 0 Å². The number of unbranched alkanes of at least 4 members (excludes halogenated alkanes) is 2. The number of nitrogens with one attached hydrogen (secondary N) is 2. The summed E-state index contributed by atoms with van der Waals surface area (Å²) in [7, 11) is 0. The zero-order chi connectivity index (χ0) is 18.6. The lowest BCUT2D eigenvalue weighted by Gasteiger charge is -2.32. The summed E-state index contributed by atoms with van der Waals surface area (Å²) in [6.07, 6.45) is 9.67. The quantitative estimate of drug-likeness (QED) is 0.347. The average molecular weight is 367 g/mol. The summed E-state index contributed by atoms with van der Waals surface area (Å²) in [5, 5.41) is 6.84. The minimum atomic E-state index is -0.312. The molecule has 26 heavy (non-hydrogen) atoms. The van der Waals surface area contributed by atoms with Gasteiger partial charge in [-0.05, 0) is 65.1 Å². The molecule has 0 radical (unpaired) electrons. The molecule has 7 nitrogen and oxygen atoms in total. The first kappa shape index (κ1) is 20.8. The number of hydrogen-bond donors (Lipinski definition) is 3. The number of urea groups is 1. The van der Waals surface area contributed by atoms with Crippen molar-refractivity contribution in [3.8, 4) is 0 Å². The number of guanidine groups is 1. The minimum absolute atomic E-state index is 0.312. The molecule has 2 fully saturated rings. The lowest BCUT2D eigenvalue weighted by molar-refractivity contribution is 0.188. The second-order valence-corrected chi connectivity index (χ2v) is 7.47. The third-order valence-electron chi connectivity index (χ3n) is 5.34. The highest BCUT2D eigenvalue weighted by atomic mass is 16.2. The number of likely N-dealkylation sites (tertiary alicyclic amines) is 2. The van der Waals surface area contributed by atoms with E-state index in [0.717, 1.165) is 51.4 Å². The molecule has 0 bridgehead atoms. The van der Waals surface area contributed by atoms with Crippen molar-refractivity contribution in [3.63, 3.8) is 0 Å². The molecule has 7 heteroatoms. The van der Waals surface area contributed by atoms with E-state index in [0.29, 0.717) is 6.04 Å². The first-order valence-electron chi connectivity index (χ1n) is 10.5. The first-order valence-corrected chi connectivity index (χ1v) is 10.5. The van der Waals surface area contributed by atoms with Gasteiger partial charge in [-0.1, -0.05) is 12.8 Å². The molecule has 0 saturated carbocycles. The Labute approximate surface area is 158 Å². The van der Waals surface area contributed by atoms with Gasteiger partial charge in [0.25, 0.3) is 0 Å². The molecule has 2 amide bonds. The van der Waals surface area contributed by atoms with Crippen molar-refractivity contribution < 1.29 is 4.79 Å². The van der Waals surface area contributed by atoms with E-state index in [2.05, 4.69) is 22.5 Å². The molecule has 2 aliphatic rings. The third-order valence-corrected chi connectivity index (χ3v) is 5.34. The number of nitrogens with zero attached hydrogens (tertiary/aromatic N) is 3. The molecule has 4 N–H and O–H groups in total. The Morgan fingerprint density at radius 2 is 1.81 bits per heavy atom. The monoisotopic (exact) mass is 366 g/mol. The number of piperidine rings is 2. The van der Waals surface area contributed by atoms with Gasteiger partial charge in [0.05, 0.1) is 0 Å². The van der Waals surface area contributed by atoms with Crippen LogP contribution < -0.4 is 16.4 Å². The van der Waals surface area contributed by atoms with Crippen molar-refractivity contribution in [1.29, 1.82) is 0 Å². The molecule has 2 rings (SSSR count). The van der Waals surface area contributed by atoms with Gasteiger partial charge in [-0.25, -0.2) is 4.79 Å². The van der Waals surface area contributed by atoms with Crippen LogP contribution in [0.15, 0.2) is 4.99 Å². The minimum Gasteiger partial charge on any atom is -0.357 e. The molecule has 150 valence electrons. The molecule has 2 heterocycles. The van der Waals surface area contributed by atoms with Crippen molar-refractivity contribution in [2.45, 2.75) is 64.3 Å². The normalized spacial score (nSPS) is 20.2. The van der Waals surface area contributed by atoms with Crippen LogP contribution in [-0.4, -0.2) is 73.6 Å². The van der Waals surface area contributed by atoms with Crippen LogP contribution in [0, 0.1) is 0 Å². The van der Waals surface area contributed by atoms with E-state index in [4.69, 9.17) is 10.7 Å². The van der Waals surface area contributed by atoms with Gasteiger partial charge in [-0.3, -0.25) is 4.99 Å². The molecule has 2 aliphatic heterocycles. The van der Waals surface area contributed by atoms with Crippen LogP contribution >= 0.6 is 0 Å². The van der Waals surface area contributed by atoms with Crippen molar-refractivity contribution in [1.82, 2.24) is 20.4 Å². The molecule has 0 spiro atoms. The van der Waals surface area contributed by atoms with Gasteiger partial charge < -0.3 is 26.2 Å². The largest absolute Gasteiger partial charge is 0.357 e. The van der Waals surface area contributed by atoms with E-state index >= 15 is 0 Å². The smallest absolute Gasteiger partial charge is 0.314 e. The number of primary amides is 1. The highest BCUT2D eigenvalue weighted by Crippen LogP contribution is 2.11. The van der Waals surface area contributed by atoms with Crippen molar-refractivity contribution >= 4 is 12.0 Å². The Bertz CT molecular complexity index is 428. The first-order chi connectivity index (χ1) is 12.7. The fourth-order valence-electron chi connectivity index (χ4n) is 3.76. The van der Waals surface area contributed by atoms with Gasteiger partial charge in [-0.15, -0.1) is 0 Å². The van der Waals surface area contributed by atoms with Crippen LogP contribution in [0.5, 0.6) is 0 Å². The molecule has 0 aromatic rings. The van der Waals surface area contributed by atoms with Crippen molar-refractivity contribution in [2.24, 2.45) is 10.7 Å². The van der Waals surface area contributed by atoms with Gasteiger partial charge in [0.2, 0.25) is 0 Å². The third kappa shape index (κ3) is 7.81. The van der Waals surface area contributed by atoms with E-state index in [1.54, 1.807) is 4.90 Å². The maximum Gasteiger partial charge on any atom is 0.314 e. The number of aliphatic imine (C=N–C) groups is 1. The van der Waals surface area contributed by atoms with E-state index in [1.165, 1.54) is 51.7 Å². The number of rotatable bonds is 8. The number of amides is 2. The summed E-state index contributed by atoms with van der Waals surface area (Å²) in [6, 6.07) is 0.0519. The molecule has 0 aromatic heterocycles. The Balaban J connectivity index is 1.60. The van der Waals surface area contributed by atoms with Gasteiger partial charge in [0.15, 0.2) is 5.96 Å². The molecular weight excluding hydrogens is 328 g/mol. The second-order valence-electron chi connectivity index (χ2n) is 7.47. The highest BCUT2D eigenvalue weighted by molar-refractivity contribution is 5.80. The summed E-state index contributed by atoms with van der Waals surface area (Å²) < 4.78 is 0. The van der Waals surface area contributed by atoms with Crippen molar-refractivity contribution in [2.75, 3.05) is 45.8 Å². The Hall–Kier alpha value is -1.50.